The van der Waals surface area contributed by atoms with Crippen molar-refractivity contribution in [2.45, 2.75) is 33.2 Å². The zero-order chi connectivity index (χ0) is 19.2. The van der Waals surface area contributed by atoms with Gasteiger partial charge in [0, 0.05) is 11.9 Å². The molecule has 5 heteroatoms. The lowest BCUT2D eigenvalue weighted by Gasteiger charge is -2.15. The number of benzene rings is 2. The summed E-state index contributed by atoms with van der Waals surface area (Å²) >= 11 is 0. The van der Waals surface area contributed by atoms with Crippen molar-refractivity contribution in [3.05, 3.63) is 83.2 Å². The van der Waals surface area contributed by atoms with Crippen LogP contribution in [0.4, 0.5) is 11.6 Å². The first kappa shape index (κ1) is 18.6. The lowest BCUT2D eigenvalue weighted by Crippen LogP contribution is -2.27. The van der Waals surface area contributed by atoms with E-state index >= 15 is 0 Å². The summed E-state index contributed by atoms with van der Waals surface area (Å²) in [6, 6.07) is 17.5. The third-order valence-electron chi connectivity index (χ3n) is 4.51. The summed E-state index contributed by atoms with van der Waals surface area (Å²) in [5.41, 5.74) is 4.68. The smallest absolute Gasteiger partial charge is 0.270 e. The van der Waals surface area contributed by atoms with Gasteiger partial charge in [0.05, 0.1) is 6.04 Å². The molecule has 0 aliphatic carbocycles. The highest BCUT2D eigenvalue weighted by molar-refractivity contribution is 5.92. The molecule has 0 radical (unpaired) electrons. The second-order valence-corrected chi connectivity index (χ2v) is 6.46. The van der Waals surface area contributed by atoms with Crippen LogP contribution in [0.15, 0.2) is 60.8 Å². The lowest BCUT2D eigenvalue weighted by atomic mass is 10.1. The van der Waals surface area contributed by atoms with Gasteiger partial charge in [-0.05, 0) is 43.0 Å². The Morgan fingerprint density at radius 2 is 1.85 bits per heavy atom. The second-order valence-electron chi connectivity index (χ2n) is 6.46. The molecule has 27 heavy (non-hydrogen) atoms. The van der Waals surface area contributed by atoms with Gasteiger partial charge in [-0.1, -0.05) is 55.5 Å². The van der Waals surface area contributed by atoms with Crippen molar-refractivity contribution in [2.75, 3.05) is 5.32 Å². The SMILES string of the molecule is CCc1cccc(C)c1Nc1nccc(C(=O)NC(C)c2ccccc2)n1. The average Bonchev–Trinajstić information content (AvgIpc) is 2.70. The topological polar surface area (TPSA) is 66.9 Å². The van der Waals surface area contributed by atoms with Crippen LogP contribution in [0.5, 0.6) is 0 Å². The minimum absolute atomic E-state index is 0.104. The van der Waals surface area contributed by atoms with E-state index in [2.05, 4.69) is 33.6 Å². The van der Waals surface area contributed by atoms with Crippen molar-refractivity contribution < 1.29 is 4.79 Å². The van der Waals surface area contributed by atoms with Crippen molar-refractivity contribution in [2.24, 2.45) is 0 Å². The number of amides is 1. The van der Waals surface area contributed by atoms with Crippen LogP contribution in [0.2, 0.25) is 0 Å². The number of nitrogens with one attached hydrogen (secondary N) is 2. The van der Waals surface area contributed by atoms with Crippen LogP contribution >= 0.6 is 0 Å². The Morgan fingerprint density at radius 1 is 1.07 bits per heavy atom. The van der Waals surface area contributed by atoms with Crippen LogP contribution in [-0.4, -0.2) is 15.9 Å². The number of hydrogen-bond acceptors (Lipinski definition) is 4. The van der Waals surface area contributed by atoms with E-state index in [1.165, 1.54) is 5.56 Å². The van der Waals surface area contributed by atoms with E-state index in [1.807, 2.05) is 56.3 Å². The number of rotatable bonds is 6. The van der Waals surface area contributed by atoms with Gasteiger partial charge in [0.25, 0.3) is 5.91 Å². The predicted octanol–water partition coefficient (Wildman–Crippen LogP) is 4.58. The van der Waals surface area contributed by atoms with E-state index in [0.717, 1.165) is 23.2 Å². The molecule has 0 saturated heterocycles. The van der Waals surface area contributed by atoms with Crippen LogP contribution in [-0.2, 0) is 6.42 Å². The van der Waals surface area contributed by atoms with Crippen LogP contribution in [0, 0.1) is 6.92 Å². The Labute approximate surface area is 159 Å². The molecule has 0 aliphatic rings. The molecular weight excluding hydrogens is 336 g/mol. The molecule has 0 bridgehead atoms. The van der Waals surface area contributed by atoms with Gasteiger partial charge in [-0.2, -0.15) is 0 Å². The number of carbonyl (C=O) groups excluding carboxylic acids is 1. The van der Waals surface area contributed by atoms with E-state index in [-0.39, 0.29) is 11.9 Å². The van der Waals surface area contributed by atoms with Crippen molar-refractivity contribution in [1.29, 1.82) is 0 Å². The molecule has 0 fully saturated rings. The summed E-state index contributed by atoms with van der Waals surface area (Å²) in [7, 11) is 0. The van der Waals surface area contributed by atoms with Gasteiger partial charge in [-0.3, -0.25) is 4.79 Å². The van der Waals surface area contributed by atoms with E-state index in [0.29, 0.717) is 11.6 Å². The molecule has 138 valence electrons. The number of hydrogen-bond donors (Lipinski definition) is 2. The average molecular weight is 360 g/mol. The molecule has 0 saturated carbocycles. The standard InChI is InChI=1S/C22H24N4O/c1-4-17-12-8-9-15(2)20(17)26-22-23-14-13-19(25-22)21(27)24-16(3)18-10-6-5-7-11-18/h5-14,16H,4H2,1-3H3,(H,24,27)(H,23,25,26). The first-order chi connectivity index (χ1) is 13.1. The predicted molar refractivity (Wildman–Crippen MR) is 108 cm³/mol. The Morgan fingerprint density at radius 3 is 2.59 bits per heavy atom. The monoisotopic (exact) mass is 360 g/mol. The van der Waals surface area contributed by atoms with Gasteiger partial charge in [-0.25, -0.2) is 9.97 Å². The maximum Gasteiger partial charge on any atom is 0.270 e. The molecule has 5 nitrogen and oxygen atoms in total. The number of aryl methyl sites for hydroxylation is 2. The molecule has 1 heterocycles. The van der Waals surface area contributed by atoms with Crippen molar-refractivity contribution in [3.63, 3.8) is 0 Å². The first-order valence-corrected chi connectivity index (χ1v) is 9.13. The van der Waals surface area contributed by atoms with Gasteiger partial charge in [-0.15, -0.1) is 0 Å². The molecule has 1 unspecified atom stereocenters. The molecule has 2 N–H and O–H groups in total. The third-order valence-corrected chi connectivity index (χ3v) is 4.51. The summed E-state index contributed by atoms with van der Waals surface area (Å²) in [5.74, 6) is 0.191. The maximum atomic E-state index is 12.6. The number of para-hydroxylation sites is 1. The Bertz CT molecular complexity index is 925. The van der Waals surface area contributed by atoms with E-state index in [4.69, 9.17) is 0 Å². The zero-order valence-corrected chi connectivity index (χ0v) is 15.9. The summed E-state index contributed by atoms with van der Waals surface area (Å²) in [6.45, 7) is 6.10. The molecule has 3 aromatic rings. The van der Waals surface area contributed by atoms with Crippen LogP contribution < -0.4 is 10.6 Å². The van der Waals surface area contributed by atoms with E-state index < -0.39 is 0 Å². The summed E-state index contributed by atoms with van der Waals surface area (Å²) in [4.78, 5) is 21.3. The Balaban J connectivity index is 1.77. The second kappa shape index (κ2) is 8.45. The highest BCUT2D eigenvalue weighted by Crippen LogP contribution is 2.23. The minimum Gasteiger partial charge on any atom is -0.344 e. The van der Waals surface area contributed by atoms with Gasteiger partial charge in [0.15, 0.2) is 0 Å². The van der Waals surface area contributed by atoms with Gasteiger partial charge in [0.2, 0.25) is 5.95 Å². The third kappa shape index (κ3) is 4.50. The molecular formula is C22H24N4O. The number of aromatic nitrogens is 2. The summed E-state index contributed by atoms with van der Waals surface area (Å²) in [6.07, 6.45) is 2.50. The number of carbonyl (C=O) groups is 1. The molecule has 0 spiro atoms. The van der Waals surface area contributed by atoms with Crippen LogP contribution in [0.25, 0.3) is 0 Å². The van der Waals surface area contributed by atoms with Gasteiger partial charge in [0.1, 0.15) is 5.69 Å². The minimum atomic E-state index is -0.225. The van der Waals surface area contributed by atoms with Crippen LogP contribution in [0.1, 0.15) is 47.1 Å². The van der Waals surface area contributed by atoms with Crippen molar-refractivity contribution >= 4 is 17.5 Å². The zero-order valence-electron chi connectivity index (χ0n) is 15.9. The molecule has 1 atom stereocenters. The van der Waals surface area contributed by atoms with Gasteiger partial charge >= 0.3 is 0 Å². The van der Waals surface area contributed by atoms with E-state index in [1.54, 1.807) is 12.3 Å². The Kier molecular flexibility index (Phi) is 5.81. The fourth-order valence-corrected chi connectivity index (χ4v) is 2.95. The van der Waals surface area contributed by atoms with Crippen molar-refractivity contribution in [3.8, 4) is 0 Å². The Hall–Kier alpha value is -3.21. The fraction of sp³-hybridized carbons (Fsp3) is 0.227. The fourth-order valence-electron chi connectivity index (χ4n) is 2.95. The maximum absolute atomic E-state index is 12.6. The number of nitrogens with zero attached hydrogens (tertiary/aromatic N) is 2. The normalized spacial score (nSPS) is 11.7. The first-order valence-electron chi connectivity index (χ1n) is 9.13. The van der Waals surface area contributed by atoms with E-state index in [9.17, 15) is 4.79 Å². The lowest BCUT2D eigenvalue weighted by molar-refractivity contribution is 0.0935. The molecule has 2 aromatic carbocycles. The van der Waals surface area contributed by atoms with Crippen LogP contribution in [0.3, 0.4) is 0 Å². The number of anilines is 2. The molecule has 0 aliphatic heterocycles. The van der Waals surface area contributed by atoms with Gasteiger partial charge < -0.3 is 10.6 Å². The highest BCUT2D eigenvalue weighted by Gasteiger charge is 2.14. The molecule has 1 aromatic heterocycles. The summed E-state index contributed by atoms with van der Waals surface area (Å²) in [5, 5.41) is 6.25. The largest absolute Gasteiger partial charge is 0.344 e. The molecule has 3 rings (SSSR count). The van der Waals surface area contributed by atoms with Crippen molar-refractivity contribution in [1.82, 2.24) is 15.3 Å². The summed E-state index contributed by atoms with van der Waals surface area (Å²) < 4.78 is 0. The quantitative estimate of drug-likeness (QED) is 0.675. The molecule has 1 amide bonds. The highest BCUT2D eigenvalue weighted by atomic mass is 16.1.